The number of rotatable bonds is 8. The Hall–Kier alpha value is -3.22. The lowest BCUT2D eigenvalue weighted by Crippen LogP contribution is -2.27. The molecular formula is C27H24ClNO4S. The van der Waals surface area contributed by atoms with Crippen LogP contribution in [0.1, 0.15) is 30.5 Å². The van der Waals surface area contributed by atoms with E-state index >= 15 is 0 Å². The molecule has 0 aromatic heterocycles. The van der Waals surface area contributed by atoms with Gasteiger partial charge >= 0.3 is 0 Å². The number of carbonyl (C=O) groups excluding carboxylic acids is 2. The number of thioether (sulfide) groups is 1. The molecule has 1 aliphatic heterocycles. The zero-order valence-electron chi connectivity index (χ0n) is 18.9. The van der Waals surface area contributed by atoms with Crippen molar-refractivity contribution in [3.63, 3.8) is 0 Å². The van der Waals surface area contributed by atoms with E-state index < -0.39 is 0 Å². The summed E-state index contributed by atoms with van der Waals surface area (Å²) in [4.78, 5) is 27.1. The Labute approximate surface area is 208 Å². The number of ether oxygens (including phenoxy) is 2. The second-order valence-electron chi connectivity index (χ2n) is 7.56. The van der Waals surface area contributed by atoms with E-state index in [0.717, 1.165) is 34.9 Å². The molecule has 3 aromatic rings. The molecule has 3 aromatic carbocycles. The lowest BCUT2D eigenvalue weighted by atomic mass is 10.1. The average Bonchev–Trinajstić information content (AvgIpc) is 3.12. The van der Waals surface area contributed by atoms with Crippen LogP contribution in [0, 0.1) is 0 Å². The maximum atomic E-state index is 13.0. The van der Waals surface area contributed by atoms with Crippen molar-refractivity contribution in [3.05, 3.63) is 93.3 Å². The largest absolute Gasteiger partial charge is 0.490 e. The van der Waals surface area contributed by atoms with Crippen LogP contribution in [0.3, 0.4) is 0 Å². The maximum Gasteiger partial charge on any atom is 0.298 e. The van der Waals surface area contributed by atoms with Crippen molar-refractivity contribution in [1.29, 1.82) is 0 Å². The molecule has 1 saturated heterocycles. The van der Waals surface area contributed by atoms with Gasteiger partial charge in [0.1, 0.15) is 6.61 Å². The molecule has 174 valence electrons. The summed E-state index contributed by atoms with van der Waals surface area (Å²) in [6, 6.07) is 20.4. The molecule has 1 fully saturated rings. The van der Waals surface area contributed by atoms with Crippen LogP contribution < -0.4 is 14.4 Å². The molecule has 1 heterocycles. The van der Waals surface area contributed by atoms with Gasteiger partial charge in [-0.05, 0) is 72.6 Å². The van der Waals surface area contributed by atoms with Gasteiger partial charge in [0.05, 0.1) is 17.2 Å². The predicted molar refractivity (Wildman–Crippen MR) is 138 cm³/mol. The van der Waals surface area contributed by atoms with Gasteiger partial charge in [-0.3, -0.25) is 9.59 Å². The van der Waals surface area contributed by atoms with Gasteiger partial charge in [0.25, 0.3) is 11.1 Å². The lowest BCUT2D eigenvalue weighted by Gasteiger charge is -2.14. The number of imide groups is 1. The van der Waals surface area contributed by atoms with Crippen molar-refractivity contribution >= 4 is 46.3 Å². The first-order chi connectivity index (χ1) is 16.5. The average molecular weight is 494 g/mol. The van der Waals surface area contributed by atoms with Crippen LogP contribution in [0.25, 0.3) is 6.08 Å². The van der Waals surface area contributed by atoms with Crippen LogP contribution in [0.4, 0.5) is 10.5 Å². The van der Waals surface area contributed by atoms with Gasteiger partial charge in [-0.25, -0.2) is 4.90 Å². The molecule has 0 N–H and O–H groups in total. The van der Waals surface area contributed by atoms with Crippen LogP contribution in [0.2, 0.25) is 5.02 Å². The summed E-state index contributed by atoms with van der Waals surface area (Å²) in [5.41, 5.74) is 3.32. The Kier molecular flexibility index (Phi) is 7.60. The summed E-state index contributed by atoms with van der Waals surface area (Å²) >= 11 is 7.15. The minimum atomic E-state index is -0.337. The molecule has 34 heavy (non-hydrogen) atoms. The number of hydrogen-bond donors (Lipinski definition) is 0. The van der Waals surface area contributed by atoms with Crippen molar-refractivity contribution in [2.45, 2.75) is 26.9 Å². The number of halogens is 1. The molecule has 2 amide bonds. The fraction of sp³-hybridized carbons (Fsp3) is 0.185. The Bertz CT molecular complexity index is 1240. The normalized spacial score (nSPS) is 14.7. The number of benzene rings is 3. The Morgan fingerprint density at radius 2 is 1.71 bits per heavy atom. The van der Waals surface area contributed by atoms with E-state index in [9.17, 15) is 9.59 Å². The second kappa shape index (κ2) is 10.8. The minimum Gasteiger partial charge on any atom is -0.490 e. The highest BCUT2D eigenvalue weighted by Gasteiger charge is 2.36. The van der Waals surface area contributed by atoms with Gasteiger partial charge < -0.3 is 9.47 Å². The van der Waals surface area contributed by atoms with Gasteiger partial charge in [-0.15, -0.1) is 0 Å². The highest BCUT2D eigenvalue weighted by molar-refractivity contribution is 8.19. The molecule has 7 heteroatoms. The number of hydrogen-bond acceptors (Lipinski definition) is 5. The van der Waals surface area contributed by atoms with E-state index in [1.165, 1.54) is 4.90 Å². The molecule has 0 spiro atoms. The number of anilines is 1. The quantitative estimate of drug-likeness (QED) is 0.313. The van der Waals surface area contributed by atoms with E-state index in [4.69, 9.17) is 21.1 Å². The fourth-order valence-corrected chi connectivity index (χ4v) is 4.53. The van der Waals surface area contributed by atoms with Crippen molar-refractivity contribution in [2.24, 2.45) is 0 Å². The SMILES string of the molecule is CCOc1cc(/C=C2\SC(=O)N(c3ccc(CC)cc3)C2=O)ccc1OCc1ccccc1Cl. The molecule has 0 bridgehead atoms. The van der Waals surface area contributed by atoms with E-state index in [2.05, 4.69) is 6.92 Å². The zero-order valence-corrected chi connectivity index (χ0v) is 20.5. The predicted octanol–water partition coefficient (Wildman–Crippen LogP) is 7.12. The number of nitrogens with zero attached hydrogens (tertiary/aromatic N) is 1. The topological polar surface area (TPSA) is 55.8 Å². The minimum absolute atomic E-state index is 0.300. The van der Waals surface area contributed by atoms with E-state index in [1.54, 1.807) is 30.3 Å². The first-order valence-corrected chi connectivity index (χ1v) is 12.2. The second-order valence-corrected chi connectivity index (χ2v) is 8.96. The number of carbonyl (C=O) groups is 2. The van der Waals surface area contributed by atoms with E-state index in [0.29, 0.717) is 40.3 Å². The Morgan fingerprint density at radius 1 is 0.941 bits per heavy atom. The third-order valence-corrected chi connectivity index (χ3v) is 6.54. The van der Waals surface area contributed by atoms with Crippen LogP contribution in [-0.4, -0.2) is 17.8 Å². The highest BCUT2D eigenvalue weighted by Crippen LogP contribution is 2.37. The lowest BCUT2D eigenvalue weighted by molar-refractivity contribution is -0.113. The summed E-state index contributed by atoms with van der Waals surface area (Å²) in [5, 5.41) is 0.322. The van der Waals surface area contributed by atoms with Crippen molar-refractivity contribution < 1.29 is 19.1 Å². The molecule has 1 aliphatic rings. The molecule has 0 unspecified atom stereocenters. The highest BCUT2D eigenvalue weighted by atomic mass is 35.5. The third-order valence-electron chi connectivity index (χ3n) is 5.30. The van der Waals surface area contributed by atoms with E-state index in [-0.39, 0.29) is 11.1 Å². The summed E-state index contributed by atoms with van der Waals surface area (Å²) in [5.74, 6) is 0.789. The van der Waals surface area contributed by atoms with Gasteiger partial charge in [-0.1, -0.05) is 54.9 Å². The van der Waals surface area contributed by atoms with Gasteiger partial charge in [0, 0.05) is 10.6 Å². The standard InChI is InChI=1S/C27H24ClNO4S/c1-3-18-9-12-21(13-10-18)29-26(30)25(34-27(29)31)16-19-11-14-23(24(15-19)32-4-2)33-17-20-7-5-6-8-22(20)28/h5-16H,3-4,17H2,1-2H3/b25-16-. The molecule has 0 saturated carbocycles. The molecule has 0 atom stereocenters. The molecule has 5 nitrogen and oxygen atoms in total. The molecule has 4 rings (SSSR count). The Morgan fingerprint density at radius 3 is 2.41 bits per heavy atom. The molecule has 0 aliphatic carbocycles. The number of aryl methyl sites for hydroxylation is 1. The third kappa shape index (κ3) is 5.29. The summed E-state index contributed by atoms with van der Waals surface area (Å²) in [7, 11) is 0. The maximum absolute atomic E-state index is 13.0. The summed E-state index contributed by atoms with van der Waals surface area (Å²) in [6.07, 6.45) is 2.59. The first kappa shape index (κ1) is 23.9. The van der Waals surface area contributed by atoms with Gasteiger partial charge in [0.2, 0.25) is 0 Å². The Balaban J connectivity index is 1.54. The number of amides is 2. The van der Waals surface area contributed by atoms with Crippen LogP contribution in [-0.2, 0) is 17.8 Å². The smallest absolute Gasteiger partial charge is 0.298 e. The van der Waals surface area contributed by atoms with Crippen LogP contribution in [0.5, 0.6) is 11.5 Å². The monoisotopic (exact) mass is 493 g/mol. The summed E-state index contributed by atoms with van der Waals surface area (Å²) in [6.45, 7) is 4.70. The van der Waals surface area contributed by atoms with Crippen LogP contribution >= 0.6 is 23.4 Å². The van der Waals surface area contributed by atoms with E-state index in [1.807, 2.05) is 49.4 Å². The van der Waals surface area contributed by atoms with Crippen LogP contribution in [0.15, 0.2) is 71.6 Å². The molecular weight excluding hydrogens is 470 g/mol. The summed E-state index contributed by atoms with van der Waals surface area (Å²) < 4.78 is 11.7. The fourth-order valence-electron chi connectivity index (χ4n) is 3.50. The van der Waals surface area contributed by atoms with Crippen molar-refractivity contribution in [3.8, 4) is 11.5 Å². The first-order valence-electron chi connectivity index (χ1n) is 11.0. The van der Waals surface area contributed by atoms with Crippen molar-refractivity contribution in [2.75, 3.05) is 11.5 Å². The van der Waals surface area contributed by atoms with Crippen molar-refractivity contribution in [1.82, 2.24) is 0 Å². The van der Waals surface area contributed by atoms with Gasteiger partial charge in [0.15, 0.2) is 11.5 Å². The van der Waals surface area contributed by atoms with Gasteiger partial charge in [-0.2, -0.15) is 0 Å². The zero-order chi connectivity index (χ0) is 24.1. The molecule has 0 radical (unpaired) electrons.